The lowest BCUT2D eigenvalue weighted by Gasteiger charge is -2.34. The number of benzene rings is 2. The van der Waals surface area contributed by atoms with E-state index in [1.165, 1.54) is 5.56 Å². The average molecular weight is 369 g/mol. The number of hydrogen-bond acceptors (Lipinski definition) is 4. The lowest BCUT2D eigenvalue weighted by atomic mass is 10.1. The van der Waals surface area contributed by atoms with Crippen LogP contribution in [0.2, 0.25) is 0 Å². The molecule has 0 aromatic heterocycles. The van der Waals surface area contributed by atoms with Gasteiger partial charge in [0.25, 0.3) is 0 Å². The molecule has 2 aromatic carbocycles. The van der Waals surface area contributed by atoms with Crippen molar-refractivity contribution in [2.75, 3.05) is 45.9 Å². The minimum Gasteiger partial charge on any atom is -0.492 e. The predicted octanol–water partition coefficient (Wildman–Crippen LogP) is 3.71. The average Bonchev–Trinajstić information content (AvgIpc) is 2.69. The molecule has 3 rings (SSSR count). The van der Waals surface area contributed by atoms with E-state index in [1.807, 2.05) is 30.3 Å². The zero-order chi connectivity index (χ0) is 18.9. The van der Waals surface area contributed by atoms with E-state index in [1.54, 1.807) is 0 Å². The van der Waals surface area contributed by atoms with Crippen LogP contribution in [0, 0.1) is 0 Å². The van der Waals surface area contributed by atoms with Crippen LogP contribution in [0.5, 0.6) is 11.5 Å². The second kappa shape index (κ2) is 10.3. The van der Waals surface area contributed by atoms with Crippen LogP contribution in [-0.4, -0.2) is 61.8 Å². The minimum atomic E-state index is 0.227. The van der Waals surface area contributed by atoms with Gasteiger partial charge in [-0.15, -0.1) is 0 Å². The molecule has 0 radical (unpaired) electrons. The van der Waals surface area contributed by atoms with Crippen LogP contribution in [0.3, 0.4) is 0 Å². The van der Waals surface area contributed by atoms with Crippen molar-refractivity contribution in [2.45, 2.75) is 26.4 Å². The summed E-state index contributed by atoms with van der Waals surface area (Å²) >= 11 is 0. The SMILES string of the molecule is CC(C)Oc1ccc(CCN2CCN(CCOc3ccccc3)CC2)cc1. The van der Waals surface area contributed by atoms with Gasteiger partial charge in [-0.2, -0.15) is 0 Å². The standard InChI is InChI=1S/C23H32N2O2/c1-20(2)27-23-10-8-21(9-11-23)12-13-24-14-16-25(17-15-24)18-19-26-22-6-4-3-5-7-22/h3-11,20H,12-19H2,1-2H3. The van der Waals surface area contributed by atoms with Crippen LogP contribution in [0.4, 0.5) is 0 Å². The Balaban J connectivity index is 1.31. The maximum absolute atomic E-state index is 5.81. The van der Waals surface area contributed by atoms with Gasteiger partial charge in [0.2, 0.25) is 0 Å². The lowest BCUT2D eigenvalue weighted by molar-refractivity contribution is 0.118. The second-order valence-corrected chi connectivity index (χ2v) is 7.41. The number of para-hydroxylation sites is 1. The number of hydrogen-bond donors (Lipinski definition) is 0. The summed E-state index contributed by atoms with van der Waals surface area (Å²) in [5.41, 5.74) is 1.38. The molecule has 4 nitrogen and oxygen atoms in total. The third-order valence-electron chi connectivity index (χ3n) is 4.90. The fraction of sp³-hybridized carbons (Fsp3) is 0.478. The van der Waals surface area contributed by atoms with E-state index in [4.69, 9.17) is 9.47 Å². The van der Waals surface area contributed by atoms with Crippen molar-refractivity contribution in [2.24, 2.45) is 0 Å². The van der Waals surface area contributed by atoms with Crippen LogP contribution in [0.25, 0.3) is 0 Å². The third-order valence-corrected chi connectivity index (χ3v) is 4.90. The smallest absolute Gasteiger partial charge is 0.119 e. The van der Waals surface area contributed by atoms with Crippen molar-refractivity contribution >= 4 is 0 Å². The maximum Gasteiger partial charge on any atom is 0.119 e. The molecule has 1 aliphatic rings. The number of nitrogens with zero attached hydrogens (tertiary/aromatic N) is 2. The van der Waals surface area contributed by atoms with Gasteiger partial charge in [-0.25, -0.2) is 0 Å². The molecule has 0 atom stereocenters. The Morgan fingerprint density at radius 1 is 0.778 bits per heavy atom. The monoisotopic (exact) mass is 368 g/mol. The molecule has 1 aliphatic heterocycles. The summed E-state index contributed by atoms with van der Waals surface area (Å²) in [6, 6.07) is 18.6. The van der Waals surface area contributed by atoms with Gasteiger partial charge < -0.3 is 14.4 Å². The van der Waals surface area contributed by atoms with E-state index >= 15 is 0 Å². The summed E-state index contributed by atoms with van der Waals surface area (Å²) in [6.07, 6.45) is 1.32. The van der Waals surface area contributed by atoms with Crippen molar-refractivity contribution < 1.29 is 9.47 Å². The predicted molar refractivity (Wildman–Crippen MR) is 111 cm³/mol. The molecule has 0 unspecified atom stereocenters. The van der Waals surface area contributed by atoms with Crippen LogP contribution in [-0.2, 0) is 6.42 Å². The third kappa shape index (κ3) is 6.89. The first kappa shape index (κ1) is 19.7. The van der Waals surface area contributed by atoms with Crippen LogP contribution >= 0.6 is 0 Å². The topological polar surface area (TPSA) is 24.9 Å². The molecule has 27 heavy (non-hydrogen) atoms. The Hall–Kier alpha value is -2.04. The molecular formula is C23H32N2O2. The minimum absolute atomic E-state index is 0.227. The second-order valence-electron chi connectivity index (χ2n) is 7.41. The molecule has 0 bridgehead atoms. The van der Waals surface area contributed by atoms with Crippen LogP contribution < -0.4 is 9.47 Å². The molecule has 1 saturated heterocycles. The van der Waals surface area contributed by atoms with Gasteiger partial charge in [-0.1, -0.05) is 30.3 Å². The van der Waals surface area contributed by atoms with Crippen molar-refractivity contribution in [3.8, 4) is 11.5 Å². The quantitative estimate of drug-likeness (QED) is 0.674. The summed E-state index contributed by atoms with van der Waals surface area (Å²) in [6.45, 7) is 11.5. The Labute approximate surface area is 163 Å². The van der Waals surface area contributed by atoms with E-state index in [0.717, 1.165) is 63.8 Å². The molecule has 1 fully saturated rings. The molecule has 1 heterocycles. The fourth-order valence-electron chi connectivity index (χ4n) is 3.34. The van der Waals surface area contributed by atoms with Gasteiger partial charge in [0.1, 0.15) is 18.1 Å². The zero-order valence-electron chi connectivity index (χ0n) is 16.6. The normalized spacial score (nSPS) is 15.8. The highest BCUT2D eigenvalue weighted by Crippen LogP contribution is 2.15. The maximum atomic E-state index is 5.81. The number of rotatable bonds is 9. The number of piperazine rings is 1. The fourth-order valence-corrected chi connectivity index (χ4v) is 3.34. The van der Waals surface area contributed by atoms with Gasteiger partial charge in [0.15, 0.2) is 0 Å². The Morgan fingerprint density at radius 2 is 1.41 bits per heavy atom. The Bertz CT molecular complexity index is 650. The van der Waals surface area contributed by atoms with E-state index in [0.29, 0.717) is 0 Å². The summed E-state index contributed by atoms with van der Waals surface area (Å²) in [7, 11) is 0. The van der Waals surface area contributed by atoms with E-state index < -0.39 is 0 Å². The molecular weight excluding hydrogens is 336 g/mol. The van der Waals surface area contributed by atoms with Crippen LogP contribution in [0.15, 0.2) is 54.6 Å². The van der Waals surface area contributed by atoms with Gasteiger partial charge >= 0.3 is 0 Å². The number of ether oxygens (including phenoxy) is 2. The molecule has 2 aromatic rings. The van der Waals surface area contributed by atoms with Gasteiger partial charge in [-0.05, 0) is 50.1 Å². The highest BCUT2D eigenvalue weighted by atomic mass is 16.5. The van der Waals surface area contributed by atoms with E-state index in [9.17, 15) is 0 Å². The first-order valence-electron chi connectivity index (χ1n) is 10.1. The summed E-state index contributed by atoms with van der Waals surface area (Å²) < 4.78 is 11.5. The molecule has 0 N–H and O–H groups in total. The molecule has 0 spiro atoms. The summed E-state index contributed by atoms with van der Waals surface area (Å²) in [5.74, 6) is 1.92. The molecule has 4 heteroatoms. The highest BCUT2D eigenvalue weighted by molar-refractivity contribution is 5.27. The Morgan fingerprint density at radius 3 is 2.04 bits per heavy atom. The van der Waals surface area contributed by atoms with Crippen LogP contribution in [0.1, 0.15) is 19.4 Å². The van der Waals surface area contributed by atoms with Gasteiger partial charge in [0, 0.05) is 39.3 Å². The van der Waals surface area contributed by atoms with E-state index in [2.05, 4.69) is 47.9 Å². The van der Waals surface area contributed by atoms with Crippen molar-refractivity contribution in [3.05, 3.63) is 60.2 Å². The Kier molecular flexibility index (Phi) is 7.55. The van der Waals surface area contributed by atoms with Crippen molar-refractivity contribution in [1.82, 2.24) is 9.80 Å². The van der Waals surface area contributed by atoms with Crippen molar-refractivity contribution in [3.63, 3.8) is 0 Å². The largest absolute Gasteiger partial charge is 0.492 e. The van der Waals surface area contributed by atoms with Crippen molar-refractivity contribution in [1.29, 1.82) is 0 Å². The summed E-state index contributed by atoms with van der Waals surface area (Å²) in [4.78, 5) is 5.06. The highest BCUT2D eigenvalue weighted by Gasteiger charge is 2.16. The summed E-state index contributed by atoms with van der Waals surface area (Å²) in [5, 5.41) is 0. The first-order chi connectivity index (χ1) is 13.2. The lowest BCUT2D eigenvalue weighted by Crippen LogP contribution is -2.47. The molecule has 0 amide bonds. The molecule has 0 saturated carbocycles. The van der Waals surface area contributed by atoms with E-state index in [-0.39, 0.29) is 6.10 Å². The van der Waals surface area contributed by atoms with Gasteiger partial charge in [0.05, 0.1) is 6.10 Å². The van der Waals surface area contributed by atoms with Gasteiger partial charge in [-0.3, -0.25) is 4.90 Å². The first-order valence-corrected chi connectivity index (χ1v) is 10.1. The zero-order valence-corrected chi connectivity index (χ0v) is 16.6. The molecule has 0 aliphatic carbocycles. The molecule has 146 valence electrons.